The second-order valence-electron chi connectivity index (χ2n) is 5.41. The number of carbonyl (C=O) groups is 1. The molecular weight excluding hydrogens is 336 g/mol. The van der Waals surface area contributed by atoms with Gasteiger partial charge in [-0.15, -0.1) is 0 Å². The Morgan fingerprint density at radius 1 is 1.20 bits per heavy atom. The lowest BCUT2D eigenvalue weighted by atomic mass is 10.1. The van der Waals surface area contributed by atoms with Crippen molar-refractivity contribution in [2.45, 2.75) is 32.9 Å². The number of nitrogens with one attached hydrogen (secondary N) is 1. The molecule has 0 aliphatic carbocycles. The van der Waals surface area contributed by atoms with Gasteiger partial charge < -0.3 is 4.74 Å². The molecule has 0 fully saturated rings. The number of rotatable bonds is 7. The van der Waals surface area contributed by atoms with E-state index in [0.717, 1.165) is 28.4 Å². The first-order chi connectivity index (χ1) is 12.0. The summed E-state index contributed by atoms with van der Waals surface area (Å²) >= 11 is 1.29. The highest BCUT2D eigenvalue weighted by Crippen LogP contribution is 2.14. The van der Waals surface area contributed by atoms with Crippen LogP contribution in [0.2, 0.25) is 0 Å². The van der Waals surface area contributed by atoms with E-state index in [4.69, 9.17) is 4.74 Å². The molecule has 7 heteroatoms. The van der Waals surface area contributed by atoms with E-state index < -0.39 is 0 Å². The first-order valence-corrected chi connectivity index (χ1v) is 8.98. The minimum Gasteiger partial charge on any atom is -0.494 e. The lowest BCUT2D eigenvalue weighted by Crippen LogP contribution is -2.21. The fourth-order valence-corrected chi connectivity index (χ4v) is 2.83. The van der Waals surface area contributed by atoms with Gasteiger partial charge in [-0.2, -0.15) is 5.10 Å². The molecule has 2 aromatic rings. The fourth-order valence-electron chi connectivity index (χ4n) is 2.09. The van der Waals surface area contributed by atoms with Gasteiger partial charge in [0.2, 0.25) is 0 Å². The fraction of sp³-hybridized carbons (Fsp3) is 0.333. The zero-order valence-corrected chi connectivity index (χ0v) is 15.7. The first-order valence-electron chi connectivity index (χ1n) is 7.99. The lowest BCUT2D eigenvalue weighted by Gasteiger charge is -2.06. The zero-order valence-electron chi connectivity index (χ0n) is 14.9. The van der Waals surface area contributed by atoms with Crippen molar-refractivity contribution in [3.63, 3.8) is 0 Å². The molecular formula is C18H22N4O2S. The first kappa shape index (κ1) is 18.9. The van der Waals surface area contributed by atoms with Gasteiger partial charge in [0, 0.05) is 11.4 Å². The van der Waals surface area contributed by atoms with Gasteiger partial charge in [-0.1, -0.05) is 11.8 Å². The van der Waals surface area contributed by atoms with Gasteiger partial charge in [-0.25, -0.2) is 15.4 Å². The van der Waals surface area contributed by atoms with Crippen molar-refractivity contribution < 1.29 is 9.53 Å². The standard InChI is InChI=1S/C18H22N4O2S/c1-5-24-16-8-6-15(7-9-16)14(4)21-22-17(23)11-25-18-19-12(2)10-13(3)20-18/h6-10H,5,11H2,1-4H3,(H,22,23)/b21-14-. The van der Waals surface area contributed by atoms with Gasteiger partial charge >= 0.3 is 0 Å². The molecule has 6 nitrogen and oxygen atoms in total. The number of hydrogen-bond acceptors (Lipinski definition) is 6. The van der Waals surface area contributed by atoms with Crippen molar-refractivity contribution in [2.24, 2.45) is 5.10 Å². The number of amides is 1. The van der Waals surface area contributed by atoms with Crippen LogP contribution in [0, 0.1) is 13.8 Å². The van der Waals surface area contributed by atoms with Gasteiger partial charge in [0.15, 0.2) is 5.16 Å². The molecule has 0 aliphatic heterocycles. The van der Waals surface area contributed by atoms with Gasteiger partial charge in [-0.05, 0) is 63.6 Å². The van der Waals surface area contributed by atoms with E-state index in [2.05, 4.69) is 20.5 Å². The van der Waals surface area contributed by atoms with Crippen LogP contribution >= 0.6 is 11.8 Å². The Hall–Kier alpha value is -2.41. The highest BCUT2D eigenvalue weighted by molar-refractivity contribution is 7.99. The van der Waals surface area contributed by atoms with Crippen LogP contribution in [0.1, 0.15) is 30.8 Å². The highest BCUT2D eigenvalue weighted by Gasteiger charge is 2.06. The summed E-state index contributed by atoms with van der Waals surface area (Å²) in [5.74, 6) is 0.828. The molecule has 0 saturated carbocycles. The summed E-state index contributed by atoms with van der Waals surface area (Å²) in [7, 11) is 0. The molecule has 0 unspecified atom stereocenters. The summed E-state index contributed by atoms with van der Waals surface area (Å²) < 4.78 is 5.41. The van der Waals surface area contributed by atoms with E-state index in [1.807, 2.05) is 58.0 Å². The zero-order chi connectivity index (χ0) is 18.2. The van der Waals surface area contributed by atoms with Crippen LogP contribution < -0.4 is 10.2 Å². The summed E-state index contributed by atoms with van der Waals surface area (Å²) in [4.78, 5) is 20.5. The molecule has 0 aliphatic rings. The Bertz CT molecular complexity index is 740. The average Bonchev–Trinajstić information content (AvgIpc) is 2.58. The molecule has 1 aromatic heterocycles. The van der Waals surface area contributed by atoms with E-state index in [1.165, 1.54) is 11.8 Å². The van der Waals surface area contributed by atoms with Crippen LogP contribution in [0.25, 0.3) is 0 Å². The van der Waals surface area contributed by atoms with E-state index in [1.54, 1.807) is 0 Å². The van der Waals surface area contributed by atoms with E-state index in [9.17, 15) is 4.79 Å². The molecule has 1 amide bonds. The number of hydrogen-bond donors (Lipinski definition) is 1. The van der Waals surface area contributed by atoms with Crippen molar-refractivity contribution >= 4 is 23.4 Å². The number of carbonyl (C=O) groups excluding carboxylic acids is 1. The molecule has 132 valence electrons. The quantitative estimate of drug-likeness (QED) is 0.356. The normalized spacial score (nSPS) is 11.3. The van der Waals surface area contributed by atoms with Crippen molar-refractivity contribution in [3.8, 4) is 5.75 Å². The van der Waals surface area contributed by atoms with Crippen LogP contribution in [0.15, 0.2) is 40.6 Å². The molecule has 0 bridgehead atoms. The summed E-state index contributed by atoms with van der Waals surface area (Å²) in [6.07, 6.45) is 0. The summed E-state index contributed by atoms with van der Waals surface area (Å²) in [5, 5.41) is 4.74. The molecule has 1 aromatic carbocycles. The van der Waals surface area contributed by atoms with Crippen LogP contribution in [0.3, 0.4) is 0 Å². The maximum atomic E-state index is 11.9. The third kappa shape index (κ3) is 6.19. The number of aryl methyl sites for hydroxylation is 2. The Morgan fingerprint density at radius 3 is 2.44 bits per heavy atom. The van der Waals surface area contributed by atoms with Gasteiger partial charge in [0.05, 0.1) is 18.1 Å². The predicted molar refractivity (Wildman–Crippen MR) is 100 cm³/mol. The van der Waals surface area contributed by atoms with E-state index in [-0.39, 0.29) is 11.7 Å². The van der Waals surface area contributed by atoms with Gasteiger partial charge in [0.1, 0.15) is 5.75 Å². The molecule has 1 heterocycles. The predicted octanol–water partition coefficient (Wildman–Crippen LogP) is 3.12. The van der Waals surface area contributed by atoms with Crippen molar-refractivity contribution in [3.05, 3.63) is 47.3 Å². The van der Waals surface area contributed by atoms with Crippen LogP contribution in [-0.4, -0.2) is 33.9 Å². The third-order valence-electron chi connectivity index (χ3n) is 3.23. The molecule has 0 atom stereocenters. The van der Waals surface area contributed by atoms with Crippen LogP contribution in [0.4, 0.5) is 0 Å². The number of ether oxygens (including phenoxy) is 1. The summed E-state index contributed by atoms with van der Waals surface area (Å²) in [6, 6.07) is 9.48. The maximum Gasteiger partial charge on any atom is 0.250 e. The number of hydrazone groups is 1. The largest absolute Gasteiger partial charge is 0.494 e. The van der Waals surface area contributed by atoms with E-state index >= 15 is 0 Å². The lowest BCUT2D eigenvalue weighted by molar-refractivity contribution is -0.118. The number of nitrogens with zero attached hydrogens (tertiary/aromatic N) is 3. The maximum absolute atomic E-state index is 11.9. The van der Waals surface area contributed by atoms with Crippen LogP contribution in [0.5, 0.6) is 5.75 Å². The van der Waals surface area contributed by atoms with Gasteiger partial charge in [0.25, 0.3) is 5.91 Å². The van der Waals surface area contributed by atoms with E-state index in [0.29, 0.717) is 11.8 Å². The number of thioether (sulfide) groups is 1. The molecule has 0 radical (unpaired) electrons. The number of benzene rings is 1. The van der Waals surface area contributed by atoms with Gasteiger partial charge in [-0.3, -0.25) is 4.79 Å². The third-order valence-corrected chi connectivity index (χ3v) is 4.07. The smallest absolute Gasteiger partial charge is 0.250 e. The Labute approximate surface area is 152 Å². The van der Waals surface area contributed by atoms with Crippen LogP contribution in [-0.2, 0) is 4.79 Å². The second kappa shape index (κ2) is 9.17. The summed E-state index contributed by atoms with van der Waals surface area (Å²) in [5.41, 5.74) is 5.99. The molecule has 0 saturated heterocycles. The minimum atomic E-state index is -0.196. The Balaban J connectivity index is 1.88. The SMILES string of the molecule is CCOc1ccc(/C(C)=N\NC(=O)CSc2nc(C)cc(C)n2)cc1. The monoisotopic (exact) mass is 358 g/mol. The minimum absolute atomic E-state index is 0.196. The molecule has 2 rings (SSSR count). The molecule has 1 N–H and O–H groups in total. The Morgan fingerprint density at radius 2 is 1.84 bits per heavy atom. The highest BCUT2D eigenvalue weighted by atomic mass is 32.2. The molecule has 0 spiro atoms. The Kier molecular flexibility index (Phi) is 6.94. The average molecular weight is 358 g/mol. The summed E-state index contributed by atoms with van der Waals surface area (Å²) in [6.45, 7) is 8.23. The number of aromatic nitrogens is 2. The second-order valence-corrected chi connectivity index (χ2v) is 6.35. The van der Waals surface area contributed by atoms with Crippen molar-refractivity contribution in [1.29, 1.82) is 0 Å². The topological polar surface area (TPSA) is 76.5 Å². The van der Waals surface area contributed by atoms with Crippen molar-refractivity contribution in [2.75, 3.05) is 12.4 Å². The molecule has 25 heavy (non-hydrogen) atoms. The van der Waals surface area contributed by atoms with Crippen molar-refractivity contribution in [1.82, 2.24) is 15.4 Å².